The minimum absolute atomic E-state index is 0.171. The normalized spacial score (nSPS) is 30.7. The Morgan fingerprint density at radius 2 is 1.95 bits per heavy atom. The molecule has 0 amide bonds. The van der Waals surface area contributed by atoms with E-state index in [1.807, 2.05) is 20.8 Å². The van der Waals surface area contributed by atoms with Crippen LogP contribution in [-0.2, 0) is 9.53 Å². The summed E-state index contributed by atoms with van der Waals surface area (Å²) in [5, 5.41) is 0. The SMILES string of the molecule is CC(C)(C)OC(=O)C=C1C[C@H]2CC(CC3CCCCC3)=C[C@@H]12. The molecule has 122 valence electrons. The zero-order valence-electron chi connectivity index (χ0n) is 14.4. The van der Waals surface area contributed by atoms with E-state index in [9.17, 15) is 4.79 Å². The second-order valence-electron chi connectivity index (χ2n) is 8.48. The number of hydrogen-bond acceptors (Lipinski definition) is 2. The van der Waals surface area contributed by atoms with Crippen molar-refractivity contribution in [2.45, 2.75) is 77.7 Å². The predicted molar refractivity (Wildman–Crippen MR) is 89.4 cm³/mol. The summed E-state index contributed by atoms with van der Waals surface area (Å²) in [7, 11) is 0. The number of fused-ring (bicyclic) bond motifs is 1. The summed E-state index contributed by atoms with van der Waals surface area (Å²) >= 11 is 0. The summed E-state index contributed by atoms with van der Waals surface area (Å²) in [6, 6.07) is 0. The Labute approximate surface area is 135 Å². The zero-order chi connectivity index (χ0) is 15.7. The molecule has 0 aliphatic heterocycles. The standard InChI is InChI=1S/C20H30O2/c1-20(2,3)22-19(21)13-17-12-16-10-15(11-18(16)17)9-14-7-5-4-6-8-14/h11,13-14,16,18H,4-10,12H2,1-3H3/t16-,18-/m1/s1. The van der Waals surface area contributed by atoms with Gasteiger partial charge in [-0.2, -0.15) is 0 Å². The molecule has 2 nitrogen and oxygen atoms in total. The van der Waals surface area contributed by atoms with E-state index in [0.29, 0.717) is 5.92 Å². The maximum absolute atomic E-state index is 11.9. The van der Waals surface area contributed by atoms with E-state index < -0.39 is 5.60 Å². The van der Waals surface area contributed by atoms with Gasteiger partial charge in [0.25, 0.3) is 0 Å². The van der Waals surface area contributed by atoms with Crippen LogP contribution in [0.1, 0.15) is 72.1 Å². The highest BCUT2D eigenvalue weighted by molar-refractivity contribution is 5.83. The van der Waals surface area contributed by atoms with Crippen molar-refractivity contribution in [1.82, 2.24) is 0 Å². The number of hydrogen-bond donors (Lipinski definition) is 0. The Balaban J connectivity index is 1.55. The summed E-state index contributed by atoms with van der Waals surface area (Å²) in [6.45, 7) is 5.76. The summed E-state index contributed by atoms with van der Waals surface area (Å²) < 4.78 is 5.40. The Hall–Kier alpha value is -1.05. The molecule has 0 aromatic carbocycles. The number of carbonyl (C=O) groups excluding carboxylic acids is 1. The van der Waals surface area contributed by atoms with Crippen LogP contribution >= 0.6 is 0 Å². The zero-order valence-corrected chi connectivity index (χ0v) is 14.4. The van der Waals surface area contributed by atoms with Gasteiger partial charge in [-0.25, -0.2) is 4.79 Å². The number of allylic oxidation sites excluding steroid dienone is 3. The minimum Gasteiger partial charge on any atom is -0.457 e. The van der Waals surface area contributed by atoms with Gasteiger partial charge in [0, 0.05) is 12.0 Å². The van der Waals surface area contributed by atoms with Crippen molar-refractivity contribution in [3.05, 3.63) is 23.3 Å². The smallest absolute Gasteiger partial charge is 0.331 e. The van der Waals surface area contributed by atoms with Crippen LogP contribution in [0.3, 0.4) is 0 Å². The highest BCUT2D eigenvalue weighted by Gasteiger charge is 2.40. The van der Waals surface area contributed by atoms with Crippen molar-refractivity contribution in [3.8, 4) is 0 Å². The third-order valence-corrected chi connectivity index (χ3v) is 5.36. The highest BCUT2D eigenvalue weighted by atomic mass is 16.6. The molecule has 3 rings (SSSR count). The van der Waals surface area contributed by atoms with Crippen LogP contribution in [0.25, 0.3) is 0 Å². The van der Waals surface area contributed by atoms with E-state index >= 15 is 0 Å². The number of esters is 1. The largest absolute Gasteiger partial charge is 0.457 e. The Morgan fingerprint density at radius 3 is 2.64 bits per heavy atom. The van der Waals surface area contributed by atoms with Crippen LogP contribution in [0.15, 0.2) is 23.3 Å². The molecule has 2 saturated carbocycles. The van der Waals surface area contributed by atoms with Crippen molar-refractivity contribution >= 4 is 5.97 Å². The van der Waals surface area contributed by atoms with Gasteiger partial charge >= 0.3 is 5.97 Å². The summed E-state index contributed by atoms with van der Waals surface area (Å²) in [4.78, 5) is 11.9. The van der Waals surface area contributed by atoms with E-state index in [1.54, 1.807) is 11.6 Å². The van der Waals surface area contributed by atoms with Crippen LogP contribution in [0.4, 0.5) is 0 Å². The van der Waals surface area contributed by atoms with Gasteiger partial charge in [-0.3, -0.25) is 0 Å². The molecular formula is C20H30O2. The average Bonchev–Trinajstić information content (AvgIpc) is 2.73. The molecule has 3 aliphatic carbocycles. The van der Waals surface area contributed by atoms with Crippen LogP contribution < -0.4 is 0 Å². The van der Waals surface area contributed by atoms with E-state index in [2.05, 4.69) is 6.08 Å². The van der Waals surface area contributed by atoms with E-state index in [0.717, 1.165) is 18.3 Å². The molecule has 0 heterocycles. The fourth-order valence-corrected chi connectivity index (χ4v) is 4.36. The van der Waals surface area contributed by atoms with Gasteiger partial charge in [0.2, 0.25) is 0 Å². The molecule has 2 fully saturated rings. The molecule has 0 aromatic rings. The summed E-state index contributed by atoms with van der Waals surface area (Å²) in [5.41, 5.74) is 2.56. The van der Waals surface area contributed by atoms with Gasteiger partial charge < -0.3 is 4.74 Å². The topological polar surface area (TPSA) is 26.3 Å². The van der Waals surface area contributed by atoms with E-state index in [1.165, 1.54) is 50.5 Å². The lowest BCUT2D eigenvalue weighted by molar-refractivity contribution is -0.148. The lowest BCUT2D eigenvalue weighted by Crippen LogP contribution is -2.27. The van der Waals surface area contributed by atoms with Crippen LogP contribution in [-0.4, -0.2) is 11.6 Å². The van der Waals surface area contributed by atoms with Crippen molar-refractivity contribution in [1.29, 1.82) is 0 Å². The lowest BCUT2D eigenvalue weighted by atomic mass is 9.71. The summed E-state index contributed by atoms with van der Waals surface area (Å²) in [5.74, 6) is 2.06. The maximum Gasteiger partial charge on any atom is 0.331 e. The molecule has 0 spiro atoms. The van der Waals surface area contributed by atoms with Gasteiger partial charge in [0.05, 0.1) is 0 Å². The average molecular weight is 302 g/mol. The highest BCUT2D eigenvalue weighted by Crippen LogP contribution is 2.51. The fraction of sp³-hybridized carbons (Fsp3) is 0.750. The quantitative estimate of drug-likeness (QED) is 0.407. The van der Waals surface area contributed by atoms with E-state index in [4.69, 9.17) is 4.74 Å². The van der Waals surface area contributed by atoms with Crippen LogP contribution in [0.5, 0.6) is 0 Å². The molecule has 2 atom stereocenters. The third kappa shape index (κ3) is 3.83. The number of rotatable bonds is 3. The van der Waals surface area contributed by atoms with Crippen molar-refractivity contribution in [2.24, 2.45) is 17.8 Å². The predicted octanol–water partition coefficient (Wildman–Crippen LogP) is 5.19. The van der Waals surface area contributed by atoms with Gasteiger partial charge in [-0.15, -0.1) is 0 Å². The van der Waals surface area contributed by atoms with Gasteiger partial charge in [0.15, 0.2) is 0 Å². The van der Waals surface area contributed by atoms with Gasteiger partial charge in [0.1, 0.15) is 5.60 Å². The first kappa shape index (κ1) is 15.8. The molecule has 22 heavy (non-hydrogen) atoms. The first-order valence-electron chi connectivity index (χ1n) is 9.04. The molecule has 0 radical (unpaired) electrons. The van der Waals surface area contributed by atoms with Crippen molar-refractivity contribution in [2.75, 3.05) is 0 Å². The molecule has 0 unspecified atom stereocenters. The Kier molecular flexibility index (Phi) is 4.47. The molecule has 0 aromatic heterocycles. The number of ether oxygens (including phenoxy) is 1. The lowest BCUT2D eigenvalue weighted by Gasteiger charge is -2.34. The Bertz CT molecular complexity index is 486. The van der Waals surface area contributed by atoms with Crippen molar-refractivity contribution in [3.63, 3.8) is 0 Å². The second-order valence-corrected chi connectivity index (χ2v) is 8.48. The molecule has 0 N–H and O–H groups in total. The molecule has 0 bridgehead atoms. The van der Waals surface area contributed by atoms with Crippen molar-refractivity contribution < 1.29 is 9.53 Å². The first-order chi connectivity index (χ1) is 10.4. The minimum atomic E-state index is -0.394. The van der Waals surface area contributed by atoms with Crippen LogP contribution in [0.2, 0.25) is 0 Å². The Morgan fingerprint density at radius 1 is 1.23 bits per heavy atom. The van der Waals surface area contributed by atoms with E-state index in [-0.39, 0.29) is 5.97 Å². The first-order valence-corrected chi connectivity index (χ1v) is 9.04. The molecular weight excluding hydrogens is 272 g/mol. The molecule has 2 heteroatoms. The maximum atomic E-state index is 11.9. The molecule has 3 aliphatic rings. The van der Waals surface area contributed by atoms with Crippen LogP contribution in [0, 0.1) is 17.8 Å². The van der Waals surface area contributed by atoms with Gasteiger partial charge in [-0.1, -0.05) is 49.3 Å². The second kappa shape index (κ2) is 6.22. The molecule has 0 saturated heterocycles. The number of carbonyl (C=O) groups is 1. The third-order valence-electron chi connectivity index (χ3n) is 5.36. The summed E-state index contributed by atoms with van der Waals surface area (Å²) in [6.07, 6.45) is 15.0. The monoisotopic (exact) mass is 302 g/mol. The van der Waals surface area contributed by atoms with Gasteiger partial charge in [-0.05, 0) is 51.9 Å². The fourth-order valence-electron chi connectivity index (χ4n) is 4.36.